The second-order valence-electron chi connectivity index (χ2n) is 7.02. The molecule has 144 valence electrons. The maximum Gasteiger partial charge on any atom is 0.282 e. The molecule has 0 radical (unpaired) electrons. The fourth-order valence-corrected chi connectivity index (χ4v) is 4.85. The molecule has 0 fully saturated rings. The second kappa shape index (κ2) is 7.64. The molecule has 2 aromatic carbocycles. The van der Waals surface area contributed by atoms with Crippen molar-refractivity contribution in [3.63, 3.8) is 0 Å². The van der Waals surface area contributed by atoms with Gasteiger partial charge in [0.05, 0.1) is 11.6 Å². The lowest BCUT2D eigenvalue weighted by Gasteiger charge is -2.09. The van der Waals surface area contributed by atoms with Gasteiger partial charge in [-0.25, -0.2) is 4.98 Å². The fraction of sp³-hybridized carbons (Fsp3) is 0.174. The molecule has 0 amide bonds. The van der Waals surface area contributed by atoms with Gasteiger partial charge in [-0.15, -0.1) is 11.3 Å². The van der Waals surface area contributed by atoms with Crippen LogP contribution in [0.25, 0.3) is 10.2 Å². The molecule has 0 N–H and O–H groups in total. The maximum atomic E-state index is 13.0. The Morgan fingerprint density at radius 3 is 2.76 bits per heavy atom. The van der Waals surface area contributed by atoms with Crippen LogP contribution in [0.4, 0.5) is 0 Å². The Kier molecular flexibility index (Phi) is 4.69. The molecule has 4 aromatic rings. The van der Waals surface area contributed by atoms with Crippen molar-refractivity contribution in [3.8, 4) is 11.5 Å². The van der Waals surface area contributed by atoms with Crippen LogP contribution in [0.2, 0.25) is 0 Å². The number of aryl methyl sites for hydroxylation is 2. The Balaban J connectivity index is 1.44. The van der Waals surface area contributed by atoms with Crippen LogP contribution in [0.15, 0.2) is 70.8 Å². The van der Waals surface area contributed by atoms with Crippen LogP contribution in [0.5, 0.6) is 11.5 Å². The van der Waals surface area contributed by atoms with E-state index in [4.69, 9.17) is 4.74 Å². The van der Waals surface area contributed by atoms with Crippen molar-refractivity contribution in [1.82, 2.24) is 9.66 Å². The zero-order chi connectivity index (χ0) is 19.6. The third kappa shape index (κ3) is 3.59. The van der Waals surface area contributed by atoms with Gasteiger partial charge < -0.3 is 4.74 Å². The Morgan fingerprint density at radius 1 is 1.03 bits per heavy atom. The van der Waals surface area contributed by atoms with Crippen LogP contribution in [-0.4, -0.2) is 15.9 Å². The monoisotopic (exact) mass is 401 g/mol. The van der Waals surface area contributed by atoms with Crippen LogP contribution in [0.3, 0.4) is 0 Å². The van der Waals surface area contributed by atoms with Crippen molar-refractivity contribution in [1.29, 1.82) is 0 Å². The zero-order valence-corrected chi connectivity index (χ0v) is 16.6. The van der Waals surface area contributed by atoms with Gasteiger partial charge in [0, 0.05) is 4.88 Å². The molecule has 6 heteroatoms. The van der Waals surface area contributed by atoms with Crippen molar-refractivity contribution in [2.45, 2.75) is 25.7 Å². The molecule has 0 spiro atoms. The molecule has 5 rings (SSSR count). The Bertz CT molecular complexity index is 1260. The zero-order valence-electron chi connectivity index (χ0n) is 15.7. The molecule has 0 aliphatic heterocycles. The van der Waals surface area contributed by atoms with Gasteiger partial charge in [-0.3, -0.25) is 4.79 Å². The Hall–Kier alpha value is -3.25. The highest BCUT2D eigenvalue weighted by atomic mass is 32.1. The van der Waals surface area contributed by atoms with E-state index in [1.807, 2.05) is 54.6 Å². The SMILES string of the molecule is O=c1c2c3c(sc2ncn1N=Cc1cccc(Oc2ccccc2)c1)CCCC3. The normalized spacial score (nSPS) is 13.7. The summed E-state index contributed by atoms with van der Waals surface area (Å²) in [4.78, 5) is 19.6. The molecule has 1 aliphatic carbocycles. The number of benzene rings is 2. The van der Waals surface area contributed by atoms with E-state index in [1.54, 1.807) is 17.6 Å². The molecule has 0 bridgehead atoms. The number of ether oxygens (including phenoxy) is 1. The minimum atomic E-state index is -0.0951. The molecule has 0 saturated carbocycles. The topological polar surface area (TPSA) is 56.5 Å². The van der Waals surface area contributed by atoms with Gasteiger partial charge in [-0.1, -0.05) is 30.3 Å². The van der Waals surface area contributed by atoms with Crippen molar-refractivity contribution in [2.75, 3.05) is 0 Å². The average Bonchev–Trinajstić information content (AvgIpc) is 3.14. The quantitative estimate of drug-likeness (QED) is 0.452. The lowest BCUT2D eigenvalue weighted by atomic mass is 9.97. The summed E-state index contributed by atoms with van der Waals surface area (Å²) in [6.45, 7) is 0. The van der Waals surface area contributed by atoms with Crippen molar-refractivity contribution >= 4 is 27.8 Å². The summed E-state index contributed by atoms with van der Waals surface area (Å²) in [6, 6.07) is 17.2. The van der Waals surface area contributed by atoms with Crippen LogP contribution in [-0.2, 0) is 12.8 Å². The van der Waals surface area contributed by atoms with Gasteiger partial charge in [0.15, 0.2) is 0 Å². The van der Waals surface area contributed by atoms with E-state index < -0.39 is 0 Å². The van der Waals surface area contributed by atoms with Gasteiger partial charge in [0.1, 0.15) is 22.7 Å². The van der Waals surface area contributed by atoms with E-state index in [0.29, 0.717) is 5.75 Å². The minimum Gasteiger partial charge on any atom is -0.457 e. The van der Waals surface area contributed by atoms with Gasteiger partial charge in [-0.05, 0) is 61.1 Å². The molecular formula is C23H19N3O2S. The van der Waals surface area contributed by atoms with E-state index in [0.717, 1.165) is 40.8 Å². The first-order chi connectivity index (χ1) is 14.3. The van der Waals surface area contributed by atoms with Crippen molar-refractivity contribution in [2.24, 2.45) is 5.10 Å². The smallest absolute Gasteiger partial charge is 0.282 e. The van der Waals surface area contributed by atoms with Crippen LogP contribution < -0.4 is 10.3 Å². The van der Waals surface area contributed by atoms with E-state index in [9.17, 15) is 4.79 Å². The predicted molar refractivity (Wildman–Crippen MR) is 116 cm³/mol. The van der Waals surface area contributed by atoms with Crippen LogP contribution in [0.1, 0.15) is 28.8 Å². The number of nitrogens with zero attached hydrogens (tertiary/aromatic N) is 3. The van der Waals surface area contributed by atoms with E-state index in [2.05, 4.69) is 10.1 Å². The molecule has 2 heterocycles. The molecule has 5 nitrogen and oxygen atoms in total. The summed E-state index contributed by atoms with van der Waals surface area (Å²) in [5.41, 5.74) is 1.93. The second-order valence-corrected chi connectivity index (χ2v) is 8.10. The number of hydrogen-bond donors (Lipinski definition) is 0. The Morgan fingerprint density at radius 2 is 1.86 bits per heavy atom. The first kappa shape index (κ1) is 17.8. The lowest BCUT2D eigenvalue weighted by Crippen LogP contribution is -2.18. The largest absolute Gasteiger partial charge is 0.457 e. The maximum absolute atomic E-state index is 13.0. The number of aromatic nitrogens is 2. The third-order valence-corrected chi connectivity index (χ3v) is 6.23. The molecule has 0 saturated heterocycles. The lowest BCUT2D eigenvalue weighted by molar-refractivity contribution is 0.482. The Labute approximate surface area is 171 Å². The average molecular weight is 401 g/mol. The van der Waals surface area contributed by atoms with Gasteiger partial charge in [0.25, 0.3) is 5.56 Å². The number of fused-ring (bicyclic) bond motifs is 3. The highest BCUT2D eigenvalue weighted by molar-refractivity contribution is 7.18. The number of thiophene rings is 1. The first-order valence-corrected chi connectivity index (χ1v) is 10.5. The number of para-hydroxylation sites is 1. The molecule has 29 heavy (non-hydrogen) atoms. The van der Waals surface area contributed by atoms with E-state index >= 15 is 0 Å². The first-order valence-electron chi connectivity index (χ1n) is 9.67. The highest BCUT2D eigenvalue weighted by Crippen LogP contribution is 2.33. The highest BCUT2D eigenvalue weighted by Gasteiger charge is 2.19. The van der Waals surface area contributed by atoms with Gasteiger partial charge in [-0.2, -0.15) is 9.78 Å². The third-order valence-electron chi connectivity index (χ3n) is 5.03. The molecule has 0 atom stereocenters. The van der Waals surface area contributed by atoms with Crippen molar-refractivity contribution < 1.29 is 4.74 Å². The summed E-state index contributed by atoms with van der Waals surface area (Å²) in [5, 5.41) is 5.11. The van der Waals surface area contributed by atoms with E-state index in [1.165, 1.54) is 27.9 Å². The standard InChI is InChI=1S/C23H19N3O2S/c27-23-21-19-11-4-5-12-20(19)29-22(21)24-15-26(23)25-14-16-7-6-10-18(13-16)28-17-8-2-1-3-9-17/h1-3,6-10,13-15H,4-5,11-12H2. The molecule has 1 aliphatic rings. The molecule has 2 aromatic heterocycles. The summed E-state index contributed by atoms with van der Waals surface area (Å²) >= 11 is 1.65. The number of rotatable bonds is 4. The van der Waals surface area contributed by atoms with Crippen molar-refractivity contribution in [3.05, 3.63) is 87.3 Å². The number of hydrogen-bond acceptors (Lipinski definition) is 5. The molecular weight excluding hydrogens is 382 g/mol. The summed E-state index contributed by atoms with van der Waals surface area (Å²) in [7, 11) is 0. The van der Waals surface area contributed by atoms with Gasteiger partial charge >= 0.3 is 0 Å². The summed E-state index contributed by atoms with van der Waals surface area (Å²) in [6.07, 6.45) is 7.49. The van der Waals surface area contributed by atoms with Gasteiger partial charge in [0.2, 0.25) is 0 Å². The van der Waals surface area contributed by atoms with E-state index in [-0.39, 0.29) is 5.56 Å². The van der Waals surface area contributed by atoms with Crippen LogP contribution in [0, 0.1) is 0 Å². The molecule has 0 unspecified atom stereocenters. The van der Waals surface area contributed by atoms with Crippen LogP contribution >= 0.6 is 11.3 Å². The minimum absolute atomic E-state index is 0.0951. The predicted octanol–water partition coefficient (Wildman–Crippen LogP) is 5.01. The summed E-state index contributed by atoms with van der Waals surface area (Å²) < 4.78 is 7.19. The fourth-order valence-electron chi connectivity index (χ4n) is 3.63. The summed E-state index contributed by atoms with van der Waals surface area (Å²) in [5.74, 6) is 1.49.